The van der Waals surface area contributed by atoms with E-state index >= 15 is 0 Å². The van der Waals surface area contributed by atoms with Crippen molar-refractivity contribution >= 4 is 87.4 Å². The Kier molecular flexibility index (Phi) is 5.47. The van der Waals surface area contributed by atoms with Gasteiger partial charge in [0.25, 0.3) is 0 Å². The summed E-state index contributed by atoms with van der Waals surface area (Å²) >= 11 is 0. The lowest BCUT2D eigenvalue weighted by atomic mass is 9.98. The number of furan rings is 1. The van der Waals surface area contributed by atoms with Gasteiger partial charge in [-0.1, -0.05) is 78.9 Å². The lowest BCUT2D eigenvalue weighted by molar-refractivity contribution is 0.669. The van der Waals surface area contributed by atoms with Gasteiger partial charge in [-0.05, 0) is 107 Å². The van der Waals surface area contributed by atoms with Crippen molar-refractivity contribution in [3.63, 3.8) is 0 Å². The molecule has 0 spiro atoms. The molecule has 2 N–H and O–H groups in total. The quantitative estimate of drug-likeness (QED) is 0.194. The zero-order valence-corrected chi connectivity index (χ0v) is 27.9. The van der Waals surface area contributed by atoms with Gasteiger partial charge in [0.05, 0.1) is 11.0 Å². The number of aromatic nitrogens is 3. The van der Waals surface area contributed by atoms with Crippen LogP contribution in [0, 0.1) is 0 Å². The fourth-order valence-electron chi connectivity index (χ4n) is 8.57. The van der Waals surface area contributed by atoms with E-state index in [9.17, 15) is 0 Å². The van der Waals surface area contributed by atoms with Gasteiger partial charge in [0.2, 0.25) is 0 Å². The van der Waals surface area contributed by atoms with E-state index < -0.39 is 0 Å². The number of benzene rings is 8. The van der Waals surface area contributed by atoms with Gasteiger partial charge < -0.3 is 19.0 Å². The van der Waals surface area contributed by atoms with E-state index in [2.05, 4.69) is 166 Å². The molecule has 0 amide bonds. The number of hydrogen-bond donors (Lipinski definition) is 2. The van der Waals surface area contributed by atoms with Crippen LogP contribution in [0.3, 0.4) is 0 Å². The minimum absolute atomic E-state index is 0.899. The molecule has 0 saturated carbocycles. The van der Waals surface area contributed by atoms with Crippen LogP contribution in [-0.2, 0) is 0 Å². The van der Waals surface area contributed by atoms with Gasteiger partial charge in [-0.3, -0.25) is 0 Å². The fraction of sp³-hybridized carbons (Fsp3) is 0. The third-order valence-corrected chi connectivity index (χ3v) is 11.1. The molecule has 0 saturated heterocycles. The molecule has 8 aromatic carbocycles. The van der Waals surface area contributed by atoms with Crippen LogP contribution in [0.15, 0.2) is 168 Å². The van der Waals surface area contributed by atoms with E-state index in [1.165, 1.54) is 65.6 Å². The van der Waals surface area contributed by atoms with Crippen molar-refractivity contribution in [1.29, 1.82) is 0 Å². The average molecular weight is 664 g/mol. The maximum atomic E-state index is 6.22. The Morgan fingerprint density at radius 1 is 0.327 bits per heavy atom. The van der Waals surface area contributed by atoms with E-state index in [0.717, 1.165) is 49.7 Å². The first-order valence-electron chi connectivity index (χ1n) is 17.8. The molecule has 12 aromatic rings. The highest BCUT2D eigenvalue weighted by Gasteiger charge is 2.17. The van der Waals surface area contributed by atoms with Crippen LogP contribution < -0.4 is 0 Å². The summed E-state index contributed by atoms with van der Waals surface area (Å²) in [5, 5.41) is 9.67. The molecular weight excluding hydrogens is 635 g/mol. The molecule has 4 heterocycles. The van der Waals surface area contributed by atoms with Gasteiger partial charge in [-0.15, -0.1) is 0 Å². The SMILES string of the molecule is c1ccc2c(c1)[nH]c1ccc(-c3ccc4c(c3)c3cc(-c5ccc6[nH]c7ccccc7c6c5)ccc3n4-c3ccc4oc5ccccc5c4c3)cc12. The van der Waals surface area contributed by atoms with E-state index in [1.54, 1.807) is 0 Å². The summed E-state index contributed by atoms with van der Waals surface area (Å²) in [5.41, 5.74) is 14.7. The number of para-hydroxylation sites is 3. The molecular formula is C48H29N3O. The molecule has 0 aliphatic heterocycles. The highest BCUT2D eigenvalue weighted by Crippen LogP contribution is 2.40. The third kappa shape index (κ3) is 3.92. The van der Waals surface area contributed by atoms with E-state index in [1.807, 2.05) is 12.1 Å². The molecule has 0 radical (unpaired) electrons. The smallest absolute Gasteiger partial charge is 0.135 e. The Morgan fingerprint density at radius 3 is 1.38 bits per heavy atom. The van der Waals surface area contributed by atoms with Crippen molar-refractivity contribution in [1.82, 2.24) is 14.5 Å². The van der Waals surface area contributed by atoms with Gasteiger partial charge in [-0.25, -0.2) is 0 Å². The molecule has 4 heteroatoms. The first-order chi connectivity index (χ1) is 25.7. The number of H-pyrrole nitrogens is 2. The molecule has 12 rings (SSSR count). The fourth-order valence-corrected chi connectivity index (χ4v) is 8.57. The Hall–Kier alpha value is -7.04. The Bertz CT molecular complexity index is 3250. The summed E-state index contributed by atoms with van der Waals surface area (Å²) in [6, 6.07) is 59.4. The largest absolute Gasteiger partial charge is 0.456 e. The van der Waals surface area contributed by atoms with Crippen LogP contribution in [0.4, 0.5) is 0 Å². The highest BCUT2D eigenvalue weighted by atomic mass is 16.3. The van der Waals surface area contributed by atoms with Crippen molar-refractivity contribution in [3.8, 4) is 27.9 Å². The number of nitrogens with zero attached hydrogens (tertiary/aromatic N) is 1. The third-order valence-electron chi connectivity index (χ3n) is 11.1. The predicted octanol–water partition coefficient (Wildman–Crippen LogP) is 13.3. The Morgan fingerprint density at radius 2 is 0.788 bits per heavy atom. The summed E-state index contributed by atoms with van der Waals surface area (Å²) in [6.07, 6.45) is 0. The van der Waals surface area contributed by atoms with Crippen LogP contribution in [-0.4, -0.2) is 14.5 Å². The van der Waals surface area contributed by atoms with E-state index in [-0.39, 0.29) is 0 Å². The van der Waals surface area contributed by atoms with Crippen LogP contribution in [0.5, 0.6) is 0 Å². The summed E-state index contributed by atoms with van der Waals surface area (Å²) in [7, 11) is 0. The number of rotatable bonds is 3. The Labute approximate surface area is 297 Å². The average Bonchev–Trinajstić information content (AvgIpc) is 3.95. The van der Waals surface area contributed by atoms with Crippen LogP contribution in [0.1, 0.15) is 0 Å². The molecule has 0 aliphatic rings. The van der Waals surface area contributed by atoms with E-state index in [0.29, 0.717) is 0 Å². The first-order valence-corrected chi connectivity index (χ1v) is 17.8. The minimum Gasteiger partial charge on any atom is -0.456 e. The zero-order valence-electron chi connectivity index (χ0n) is 27.9. The second-order valence-electron chi connectivity index (χ2n) is 13.9. The molecule has 0 bridgehead atoms. The number of fused-ring (bicyclic) bond motifs is 12. The van der Waals surface area contributed by atoms with Gasteiger partial charge in [-0.2, -0.15) is 0 Å². The van der Waals surface area contributed by atoms with E-state index in [4.69, 9.17) is 4.42 Å². The van der Waals surface area contributed by atoms with Gasteiger partial charge >= 0.3 is 0 Å². The molecule has 52 heavy (non-hydrogen) atoms. The summed E-state index contributed by atoms with van der Waals surface area (Å²) in [4.78, 5) is 7.17. The second-order valence-corrected chi connectivity index (χ2v) is 13.9. The lowest BCUT2D eigenvalue weighted by Gasteiger charge is -2.09. The molecule has 0 fully saturated rings. The predicted molar refractivity (Wildman–Crippen MR) is 218 cm³/mol. The molecule has 242 valence electrons. The molecule has 4 nitrogen and oxygen atoms in total. The van der Waals surface area contributed by atoms with Crippen molar-refractivity contribution in [3.05, 3.63) is 164 Å². The summed E-state index contributed by atoms with van der Waals surface area (Å²) in [6.45, 7) is 0. The topological polar surface area (TPSA) is 49.6 Å². The number of aromatic amines is 2. The van der Waals surface area contributed by atoms with Gasteiger partial charge in [0, 0.05) is 70.8 Å². The summed E-state index contributed by atoms with van der Waals surface area (Å²) < 4.78 is 8.63. The lowest BCUT2D eigenvalue weighted by Crippen LogP contribution is -1.93. The monoisotopic (exact) mass is 663 g/mol. The summed E-state index contributed by atoms with van der Waals surface area (Å²) in [5.74, 6) is 0. The molecule has 0 aliphatic carbocycles. The second kappa shape index (κ2) is 10.3. The number of hydrogen-bond acceptors (Lipinski definition) is 1. The van der Waals surface area contributed by atoms with Crippen LogP contribution >= 0.6 is 0 Å². The molecule has 0 unspecified atom stereocenters. The van der Waals surface area contributed by atoms with Crippen LogP contribution in [0.2, 0.25) is 0 Å². The molecule has 4 aromatic heterocycles. The van der Waals surface area contributed by atoms with Crippen molar-refractivity contribution in [2.24, 2.45) is 0 Å². The normalized spacial score (nSPS) is 12.2. The number of nitrogens with one attached hydrogen (secondary N) is 2. The maximum Gasteiger partial charge on any atom is 0.135 e. The van der Waals surface area contributed by atoms with Crippen molar-refractivity contribution in [2.45, 2.75) is 0 Å². The minimum atomic E-state index is 0.899. The maximum absolute atomic E-state index is 6.22. The van der Waals surface area contributed by atoms with Crippen molar-refractivity contribution < 1.29 is 4.42 Å². The first kappa shape index (κ1) is 27.7. The van der Waals surface area contributed by atoms with Gasteiger partial charge in [0.1, 0.15) is 11.2 Å². The van der Waals surface area contributed by atoms with Crippen molar-refractivity contribution in [2.75, 3.05) is 0 Å². The standard InChI is InChI=1S/C48H29N3O/c1-4-10-41-33(7-1)36-23-28(13-18-43(36)49-41)30-15-20-45-38(25-30)39-26-31(29-14-19-44-37(24-29)34-8-2-5-11-42(34)50-44)16-21-46(39)51(45)32-17-22-48-40(27-32)35-9-3-6-12-47(35)52-48/h1-27,49-50H. The van der Waals surface area contributed by atoms with Gasteiger partial charge in [0.15, 0.2) is 0 Å². The van der Waals surface area contributed by atoms with Crippen LogP contribution in [0.25, 0.3) is 115 Å². The molecule has 0 atom stereocenters. The zero-order chi connectivity index (χ0) is 33.9. The highest BCUT2D eigenvalue weighted by molar-refractivity contribution is 6.14. The Balaban J connectivity index is 1.10.